The Kier molecular flexibility index (Phi) is 8.95. The van der Waals surface area contributed by atoms with Gasteiger partial charge in [0, 0.05) is 38.2 Å². The maximum Gasteiger partial charge on any atom is 0.328 e. The third-order valence-corrected chi connectivity index (χ3v) is 3.70. The highest BCUT2D eigenvalue weighted by atomic mass is 16.4. The van der Waals surface area contributed by atoms with E-state index in [0.717, 1.165) is 70.2 Å². The van der Waals surface area contributed by atoms with Gasteiger partial charge in [0.1, 0.15) is 0 Å². The summed E-state index contributed by atoms with van der Waals surface area (Å²) >= 11 is 0. The Morgan fingerprint density at radius 1 is 1.09 bits per heavy atom. The lowest BCUT2D eigenvalue weighted by atomic mass is 10.2. The summed E-state index contributed by atoms with van der Waals surface area (Å²) in [6, 6.07) is 0. The Balaban J connectivity index is 2.00. The largest absolute Gasteiger partial charge is 0.478 e. The summed E-state index contributed by atoms with van der Waals surface area (Å²) in [5, 5.41) is 11.0. The smallest absolute Gasteiger partial charge is 0.328 e. The second-order valence-electron chi connectivity index (χ2n) is 5.57. The van der Waals surface area contributed by atoms with Gasteiger partial charge in [-0.15, -0.1) is 0 Å². The van der Waals surface area contributed by atoms with Crippen molar-refractivity contribution in [2.45, 2.75) is 51.4 Å². The molecule has 0 aliphatic carbocycles. The lowest BCUT2D eigenvalue weighted by Gasteiger charge is -2.20. The van der Waals surface area contributed by atoms with Gasteiger partial charge in [-0.3, -0.25) is 9.59 Å². The van der Waals surface area contributed by atoms with Crippen LogP contribution in [0.1, 0.15) is 51.4 Å². The maximum atomic E-state index is 11.8. The highest BCUT2D eigenvalue weighted by molar-refractivity contribution is 5.93. The van der Waals surface area contributed by atoms with E-state index < -0.39 is 5.97 Å². The first-order chi connectivity index (χ1) is 10.6. The van der Waals surface area contributed by atoms with Crippen molar-refractivity contribution >= 4 is 17.8 Å². The van der Waals surface area contributed by atoms with E-state index in [2.05, 4.69) is 5.32 Å². The molecule has 0 aromatic heterocycles. The first kappa shape index (κ1) is 18.2. The number of aliphatic carboxylic acids is 1. The van der Waals surface area contributed by atoms with Crippen molar-refractivity contribution in [2.75, 3.05) is 19.6 Å². The number of carbonyl (C=O) groups excluding carboxylic acids is 2. The van der Waals surface area contributed by atoms with Gasteiger partial charge in [0.15, 0.2) is 0 Å². The van der Waals surface area contributed by atoms with Crippen molar-refractivity contribution in [1.29, 1.82) is 0 Å². The quantitative estimate of drug-likeness (QED) is 0.501. The standard InChI is InChI=1S/C16H26N2O4/c19-14(9-10-16(21)22)17-11-5-1-2-6-12-18-13-7-3-4-8-15(18)20/h9-10H,1-8,11-13H2,(H,17,19)(H,21,22). The molecule has 1 aliphatic rings. The van der Waals surface area contributed by atoms with Crippen LogP contribution in [-0.2, 0) is 14.4 Å². The van der Waals surface area contributed by atoms with Crippen LogP contribution in [0.15, 0.2) is 12.2 Å². The van der Waals surface area contributed by atoms with Crippen molar-refractivity contribution in [1.82, 2.24) is 10.2 Å². The molecular weight excluding hydrogens is 284 g/mol. The molecule has 0 unspecified atom stereocenters. The zero-order chi connectivity index (χ0) is 16.2. The van der Waals surface area contributed by atoms with E-state index in [4.69, 9.17) is 5.11 Å². The highest BCUT2D eigenvalue weighted by Gasteiger charge is 2.15. The van der Waals surface area contributed by atoms with Crippen molar-refractivity contribution in [3.05, 3.63) is 12.2 Å². The van der Waals surface area contributed by atoms with Gasteiger partial charge in [0.2, 0.25) is 11.8 Å². The van der Waals surface area contributed by atoms with Crippen molar-refractivity contribution in [2.24, 2.45) is 0 Å². The van der Waals surface area contributed by atoms with Crippen LogP contribution in [0.5, 0.6) is 0 Å². The fourth-order valence-corrected chi connectivity index (χ4v) is 2.47. The fraction of sp³-hybridized carbons (Fsp3) is 0.688. The zero-order valence-corrected chi connectivity index (χ0v) is 13.1. The fourth-order valence-electron chi connectivity index (χ4n) is 2.47. The number of likely N-dealkylation sites (tertiary alicyclic amines) is 1. The molecule has 6 nitrogen and oxygen atoms in total. The van der Waals surface area contributed by atoms with Crippen molar-refractivity contribution < 1.29 is 19.5 Å². The average molecular weight is 310 g/mol. The summed E-state index contributed by atoms with van der Waals surface area (Å²) < 4.78 is 0. The van der Waals surface area contributed by atoms with Gasteiger partial charge in [-0.2, -0.15) is 0 Å². The summed E-state index contributed by atoms with van der Waals surface area (Å²) in [6.07, 6.45) is 9.71. The summed E-state index contributed by atoms with van der Waals surface area (Å²) in [5.74, 6) is -1.22. The van der Waals surface area contributed by atoms with E-state index in [-0.39, 0.29) is 11.8 Å². The lowest BCUT2D eigenvalue weighted by Crippen LogP contribution is -2.31. The van der Waals surface area contributed by atoms with E-state index in [1.807, 2.05) is 4.90 Å². The molecule has 1 rings (SSSR count). The van der Waals surface area contributed by atoms with Gasteiger partial charge < -0.3 is 15.3 Å². The molecule has 0 spiro atoms. The topological polar surface area (TPSA) is 86.7 Å². The Morgan fingerprint density at radius 3 is 2.64 bits per heavy atom. The van der Waals surface area contributed by atoms with Crippen LogP contribution < -0.4 is 5.32 Å². The van der Waals surface area contributed by atoms with Crippen LogP contribution in [0.2, 0.25) is 0 Å². The molecule has 1 fully saturated rings. The van der Waals surface area contributed by atoms with E-state index in [0.29, 0.717) is 13.0 Å². The second kappa shape index (κ2) is 10.8. The first-order valence-electron chi connectivity index (χ1n) is 8.06. The Morgan fingerprint density at radius 2 is 1.86 bits per heavy atom. The molecule has 2 amide bonds. The molecule has 0 saturated carbocycles. The number of carboxylic acid groups (broad SMARTS) is 1. The number of rotatable bonds is 9. The minimum atomic E-state index is -1.13. The third kappa shape index (κ3) is 8.44. The van der Waals surface area contributed by atoms with Gasteiger partial charge in [-0.1, -0.05) is 19.3 Å². The Bertz CT molecular complexity index is 407. The minimum absolute atomic E-state index is 0.287. The van der Waals surface area contributed by atoms with E-state index in [1.54, 1.807) is 0 Å². The number of carbonyl (C=O) groups is 3. The third-order valence-electron chi connectivity index (χ3n) is 3.70. The number of nitrogens with zero attached hydrogens (tertiary/aromatic N) is 1. The van der Waals surface area contributed by atoms with E-state index in [9.17, 15) is 14.4 Å². The maximum absolute atomic E-state index is 11.8. The molecular formula is C16H26N2O4. The molecule has 1 aliphatic heterocycles. The number of hydrogen-bond donors (Lipinski definition) is 2. The summed E-state index contributed by atoms with van der Waals surface area (Å²) in [5.41, 5.74) is 0. The molecule has 124 valence electrons. The number of amides is 2. The summed E-state index contributed by atoms with van der Waals surface area (Å²) in [4.78, 5) is 35.2. The normalized spacial score (nSPS) is 15.8. The molecule has 0 bridgehead atoms. The van der Waals surface area contributed by atoms with Gasteiger partial charge in [0.25, 0.3) is 0 Å². The molecule has 0 atom stereocenters. The SMILES string of the molecule is O=C(O)C=CC(=O)NCCCCCCN1CCCCCC1=O. The zero-order valence-electron chi connectivity index (χ0n) is 13.1. The molecule has 0 aromatic carbocycles. The lowest BCUT2D eigenvalue weighted by molar-refractivity contribution is -0.132. The average Bonchev–Trinajstić information content (AvgIpc) is 2.69. The van der Waals surface area contributed by atoms with Gasteiger partial charge in [-0.25, -0.2) is 4.79 Å². The van der Waals surface area contributed by atoms with Crippen molar-refractivity contribution in [3.63, 3.8) is 0 Å². The monoisotopic (exact) mass is 310 g/mol. The first-order valence-corrected chi connectivity index (χ1v) is 8.06. The summed E-state index contributed by atoms with van der Waals surface area (Å²) in [6.45, 7) is 2.28. The van der Waals surface area contributed by atoms with Crippen LogP contribution in [0.25, 0.3) is 0 Å². The molecule has 22 heavy (non-hydrogen) atoms. The second-order valence-corrected chi connectivity index (χ2v) is 5.57. The molecule has 0 aromatic rings. The number of hydrogen-bond acceptors (Lipinski definition) is 3. The van der Waals surface area contributed by atoms with E-state index in [1.165, 1.54) is 0 Å². The number of unbranched alkanes of at least 4 members (excludes halogenated alkanes) is 3. The highest BCUT2D eigenvalue weighted by Crippen LogP contribution is 2.12. The van der Waals surface area contributed by atoms with Crippen molar-refractivity contribution in [3.8, 4) is 0 Å². The molecule has 2 N–H and O–H groups in total. The van der Waals surface area contributed by atoms with Crippen LogP contribution in [0.4, 0.5) is 0 Å². The number of nitrogens with one attached hydrogen (secondary N) is 1. The predicted octanol–water partition coefficient (Wildman–Crippen LogP) is 1.71. The van der Waals surface area contributed by atoms with Gasteiger partial charge in [-0.05, 0) is 25.7 Å². The van der Waals surface area contributed by atoms with Gasteiger partial charge >= 0.3 is 5.97 Å². The van der Waals surface area contributed by atoms with Crippen LogP contribution in [0.3, 0.4) is 0 Å². The van der Waals surface area contributed by atoms with Crippen LogP contribution in [0, 0.1) is 0 Å². The Hall–Kier alpha value is -1.85. The predicted molar refractivity (Wildman–Crippen MR) is 83.3 cm³/mol. The number of carboxylic acids is 1. The molecule has 1 saturated heterocycles. The summed E-state index contributed by atoms with van der Waals surface area (Å²) in [7, 11) is 0. The molecule has 1 heterocycles. The van der Waals surface area contributed by atoms with Crippen LogP contribution >= 0.6 is 0 Å². The Labute approximate surface area is 131 Å². The van der Waals surface area contributed by atoms with Gasteiger partial charge in [0.05, 0.1) is 0 Å². The van der Waals surface area contributed by atoms with Crippen LogP contribution in [-0.4, -0.2) is 47.4 Å². The van der Waals surface area contributed by atoms with E-state index >= 15 is 0 Å². The molecule has 0 radical (unpaired) electrons. The molecule has 6 heteroatoms. The minimum Gasteiger partial charge on any atom is -0.478 e.